The van der Waals surface area contributed by atoms with Crippen molar-refractivity contribution >= 4 is 39.3 Å². The first kappa shape index (κ1) is 36.1. The fourth-order valence-electron chi connectivity index (χ4n) is 3.96. The molecule has 0 saturated heterocycles. The number of primary amides is 1. The third kappa shape index (κ3) is 9.33. The molecule has 3 aromatic rings. The van der Waals surface area contributed by atoms with Gasteiger partial charge in [-0.05, 0) is 74.9 Å². The number of nitrogen functional groups attached to an aromatic ring is 1. The quantitative estimate of drug-likeness (QED) is 0.0480. The maximum Gasteiger partial charge on any atom is 0.491 e. The number of halogens is 3. The highest BCUT2D eigenvalue weighted by Gasteiger charge is 2.43. The van der Waals surface area contributed by atoms with Crippen LogP contribution in [0.25, 0.3) is 0 Å². The number of carbonyl (C=O) groups is 3. The smallest absolute Gasteiger partial charge is 0.490 e. The fraction of sp³-hybridized carbons (Fsp3) is 0.241. The Morgan fingerprint density at radius 2 is 1.64 bits per heavy atom. The van der Waals surface area contributed by atoms with Crippen molar-refractivity contribution in [2.45, 2.75) is 44.0 Å². The molecule has 0 aromatic heterocycles. The largest absolute Gasteiger partial charge is 0.491 e. The third-order valence-electron chi connectivity index (χ3n) is 6.00. The number of nitrogens with two attached hydrogens (primary N) is 2. The number of ether oxygens (including phenoxy) is 3. The molecule has 0 heterocycles. The van der Waals surface area contributed by atoms with Crippen LogP contribution >= 0.6 is 0 Å². The maximum atomic E-state index is 13.6. The highest BCUT2D eigenvalue weighted by atomic mass is 32.2. The van der Waals surface area contributed by atoms with E-state index in [-0.39, 0.29) is 29.9 Å². The molecule has 18 heteroatoms. The van der Waals surface area contributed by atoms with E-state index >= 15 is 0 Å². The van der Waals surface area contributed by atoms with Crippen LogP contribution in [0.5, 0.6) is 17.2 Å². The molecule has 8 N–H and O–H groups in total. The molecule has 1 atom stereocenters. The monoisotopic (exact) mass is 680 g/mol. The first-order valence-electron chi connectivity index (χ1n) is 13.6. The minimum Gasteiger partial charge on any atom is -0.490 e. The molecule has 0 fully saturated rings. The van der Waals surface area contributed by atoms with Gasteiger partial charge >= 0.3 is 12.1 Å². The fourth-order valence-corrected chi connectivity index (χ4v) is 4.96. The van der Waals surface area contributed by atoms with Gasteiger partial charge in [0.15, 0.2) is 17.2 Å². The van der Waals surface area contributed by atoms with E-state index in [9.17, 15) is 36.0 Å². The van der Waals surface area contributed by atoms with Gasteiger partial charge in [0, 0.05) is 11.3 Å². The van der Waals surface area contributed by atoms with Crippen LogP contribution in [0.3, 0.4) is 0 Å². The number of anilines is 1. The summed E-state index contributed by atoms with van der Waals surface area (Å²) in [6.07, 6.45) is -5.77. The molecular weight excluding hydrogens is 649 g/mol. The van der Waals surface area contributed by atoms with Crippen LogP contribution in [-0.4, -0.2) is 50.9 Å². The van der Waals surface area contributed by atoms with Crippen LogP contribution in [0.1, 0.15) is 48.3 Å². The van der Waals surface area contributed by atoms with Crippen molar-refractivity contribution in [3.05, 3.63) is 77.4 Å². The maximum absolute atomic E-state index is 13.6. The first-order chi connectivity index (χ1) is 21.9. The van der Waals surface area contributed by atoms with E-state index in [1.807, 2.05) is 5.43 Å². The molecule has 3 aromatic carbocycles. The summed E-state index contributed by atoms with van der Waals surface area (Å²) in [5.41, 5.74) is 12.8. The lowest BCUT2D eigenvalue weighted by molar-refractivity contribution is -0.189. The minimum atomic E-state index is -5.55. The number of sulfonamides is 1. The summed E-state index contributed by atoms with van der Waals surface area (Å²) in [7, 11) is -5.02. The number of para-hydroxylation sites is 1. The zero-order chi connectivity index (χ0) is 35.1. The van der Waals surface area contributed by atoms with Gasteiger partial charge in [-0.25, -0.2) is 13.2 Å². The van der Waals surface area contributed by atoms with E-state index in [1.54, 1.807) is 31.7 Å². The van der Waals surface area contributed by atoms with Crippen LogP contribution in [0.4, 0.5) is 18.9 Å². The summed E-state index contributed by atoms with van der Waals surface area (Å²) >= 11 is 0. The van der Waals surface area contributed by atoms with E-state index in [0.717, 1.165) is 18.2 Å². The molecule has 2 amide bonds. The molecule has 3 rings (SSSR count). The lowest BCUT2D eigenvalue weighted by atomic mass is 10.0. The molecule has 252 valence electrons. The second kappa shape index (κ2) is 14.8. The SMILES string of the molecule is CCOc1cc(C(Nc2ccc(C(=N)N)cc2)C(=O)NNS(=O)(=O)c2cccc(C(N)=O)c2OC(=O)C(F)(F)F)ccc1OC(C)C. The average Bonchev–Trinajstić information content (AvgIpc) is 2.99. The first-order valence-corrected chi connectivity index (χ1v) is 15.1. The van der Waals surface area contributed by atoms with Gasteiger partial charge in [-0.1, -0.05) is 12.1 Å². The van der Waals surface area contributed by atoms with Gasteiger partial charge < -0.3 is 31.0 Å². The number of alkyl halides is 3. The number of carbonyl (C=O) groups excluding carboxylic acids is 3. The minimum absolute atomic E-state index is 0.206. The molecule has 1 unspecified atom stereocenters. The Kier molecular flexibility index (Phi) is 11.4. The standard InChI is InChI=1S/C29H31F3N6O8S/c1-4-44-21-14-17(10-13-20(21)45-15(2)3)23(36-18-11-8-16(9-12-18)25(33)34)27(40)37-38-47(42,43)22-7-5-6-19(26(35)39)24(22)46-28(41)29(30,31)32/h5-15,23,36,38H,4H2,1-3H3,(H3,33,34)(H2,35,39)(H,37,40). The zero-order valence-corrected chi connectivity index (χ0v) is 25.9. The highest BCUT2D eigenvalue weighted by molar-refractivity contribution is 7.89. The van der Waals surface area contributed by atoms with Crippen LogP contribution in [0.2, 0.25) is 0 Å². The van der Waals surface area contributed by atoms with E-state index < -0.39 is 56.2 Å². The van der Waals surface area contributed by atoms with E-state index in [0.29, 0.717) is 17.0 Å². The van der Waals surface area contributed by atoms with Gasteiger partial charge in [0.05, 0.1) is 18.3 Å². The summed E-state index contributed by atoms with van der Waals surface area (Å²) in [6, 6.07) is 11.8. The topological polar surface area (TPSA) is 225 Å². The van der Waals surface area contributed by atoms with E-state index in [2.05, 4.69) is 10.1 Å². The van der Waals surface area contributed by atoms with Crippen LogP contribution < -0.4 is 41.3 Å². The Bertz CT molecular complexity index is 1770. The predicted molar refractivity (Wildman–Crippen MR) is 162 cm³/mol. The van der Waals surface area contributed by atoms with Crippen molar-refractivity contribution in [3.8, 4) is 17.2 Å². The highest BCUT2D eigenvalue weighted by Crippen LogP contribution is 2.34. The molecule has 0 aliphatic heterocycles. The van der Waals surface area contributed by atoms with E-state index in [1.165, 1.54) is 36.4 Å². The molecule has 14 nitrogen and oxygen atoms in total. The molecule has 0 aliphatic carbocycles. The number of benzene rings is 3. The summed E-state index contributed by atoms with van der Waals surface area (Å²) in [4.78, 5) is 37.6. The van der Waals surface area contributed by atoms with Gasteiger partial charge in [-0.3, -0.25) is 20.4 Å². The lowest BCUT2D eigenvalue weighted by Gasteiger charge is -2.22. The number of amides is 2. The summed E-state index contributed by atoms with van der Waals surface area (Å²) in [5.74, 6) is -6.11. The molecule has 0 bridgehead atoms. The van der Waals surface area contributed by atoms with Crippen molar-refractivity contribution in [3.63, 3.8) is 0 Å². The van der Waals surface area contributed by atoms with Gasteiger partial charge in [0.25, 0.3) is 21.8 Å². The van der Waals surface area contributed by atoms with Gasteiger partial charge in [0.1, 0.15) is 16.8 Å². The number of rotatable bonds is 14. The van der Waals surface area contributed by atoms with Crippen molar-refractivity contribution in [1.29, 1.82) is 5.41 Å². The molecule has 0 radical (unpaired) electrons. The number of hydrazine groups is 1. The third-order valence-corrected chi connectivity index (χ3v) is 7.27. The number of amidine groups is 1. The molecule has 0 saturated carbocycles. The van der Waals surface area contributed by atoms with Crippen molar-refractivity contribution in [1.82, 2.24) is 10.3 Å². The Balaban J connectivity index is 2.01. The number of nitrogens with one attached hydrogen (secondary N) is 4. The second-order valence-electron chi connectivity index (χ2n) is 9.85. The van der Waals surface area contributed by atoms with Gasteiger partial charge in [-0.2, -0.15) is 13.2 Å². The number of hydrogen-bond donors (Lipinski definition) is 6. The lowest BCUT2D eigenvalue weighted by Crippen LogP contribution is -2.45. The molecule has 0 spiro atoms. The van der Waals surface area contributed by atoms with Crippen molar-refractivity contribution in [2.24, 2.45) is 11.5 Å². The van der Waals surface area contributed by atoms with Gasteiger partial charge in [0.2, 0.25) is 0 Å². The van der Waals surface area contributed by atoms with Crippen molar-refractivity contribution in [2.75, 3.05) is 11.9 Å². The summed E-state index contributed by atoms with van der Waals surface area (Å²) in [6.45, 7) is 5.56. The molecular formula is C29H31F3N6O8S. The molecule has 47 heavy (non-hydrogen) atoms. The Hall–Kier alpha value is -5.36. The van der Waals surface area contributed by atoms with Gasteiger partial charge in [-0.15, -0.1) is 4.83 Å². The Morgan fingerprint density at radius 1 is 0.979 bits per heavy atom. The number of hydrogen-bond acceptors (Lipinski definition) is 10. The Morgan fingerprint density at radius 3 is 2.19 bits per heavy atom. The summed E-state index contributed by atoms with van der Waals surface area (Å²) < 4.78 is 81.0. The average molecular weight is 681 g/mol. The van der Waals surface area contributed by atoms with E-state index in [4.69, 9.17) is 26.4 Å². The molecule has 0 aliphatic rings. The van der Waals surface area contributed by atoms with Crippen LogP contribution in [0, 0.1) is 5.41 Å². The Labute approximate surface area is 267 Å². The number of esters is 1. The van der Waals surface area contributed by atoms with Crippen LogP contribution in [-0.2, 0) is 19.6 Å². The normalized spacial score (nSPS) is 12.1. The summed E-state index contributed by atoms with van der Waals surface area (Å²) in [5, 5.41) is 10.5. The van der Waals surface area contributed by atoms with Crippen molar-refractivity contribution < 1.29 is 50.2 Å². The zero-order valence-electron chi connectivity index (χ0n) is 25.1. The second-order valence-corrected chi connectivity index (χ2v) is 11.5. The predicted octanol–water partition coefficient (Wildman–Crippen LogP) is 2.89. The van der Waals surface area contributed by atoms with Crippen LogP contribution in [0.15, 0.2) is 65.6 Å².